The van der Waals surface area contributed by atoms with Crippen LogP contribution >= 0.6 is 22.9 Å². The molecule has 6 heteroatoms. The molecule has 0 saturated carbocycles. The minimum absolute atomic E-state index is 0.160. The number of nitrogens with one attached hydrogen (secondary N) is 1. The van der Waals surface area contributed by atoms with Crippen LogP contribution in [-0.2, 0) is 19.5 Å². The highest BCUT2D eigenvalue weighted by Gasteiger charge is 2.19. The van der Waals surface area contributed by atoms with Gasteiger partial charge in [0.05, 0.1) is 13.1 Å². The molecule has 0 unspecified atom stereocenters. The minimum Gasteiger partial charge on any atom is -0.329 e. The molecule has 0 saturated heterocycles. The van der Waals surface area contributed by atoms with E-state index >= 15 is 0 Å². The third-order valence-corrected chi connectivity index (χ3v) is 6.14. The number of thiophene rings is 1. The zero-order valence-electron chi connectivity index (χ0n) is 16.5. The number of aryl methyl sites for hydroxylation is 1. The number of carbonyl (C=O) groups excluding carboxylic acids is 1. The largest absolute Gasteiger partial charge is 0.329 e. The summed E-state index contributed by atoms with van der Waals surface area (Å²) in [7, 11) is 0. The standard InChI is InChI=1S/C24H21ClN2O2S/c1-2-16-8-9-22-18(11-16)12-19(23(28)26-22)14-27(15-21-7-4-10-30-21)24(29)17-5-3-6-20(25)13-17/h3-13H,2,14-15H2,1H3,(H,26,28). The molecule has 152 valence electrons. The van der Waals surface area contributed by atoms with Crippen LogP contribution in [0.2, 0.25) is 5.02 Å². The number of pyridine rings is 1. The fourth-order valence-electron chi connectivity index (χ4n) is 3.44. The average molecular weight is 437 g/mol. The van der Waals surface area contributed by atoms with Crippen LogP contribution < -0.4 is 5.56 Å². The van der Waals surface area contributed by atoms with Crippen molar-refractivity contribution in [2.45, 2.75) is 26.4 Å². The summed E-state index contributed by atoms with van der Waals surface area (Å²) in [4.78, 5) is 31.7. The van der Waals surface area contributed by atoms with Gasteiger partial charge in [-0.3, -0.25) is 9.59 Å². The summed E-state index contributed by atoms with van der Waals surface area (Å²) in [5.74, 6) is -0.160. The van der Waals surface area contributed by atoms with Crippen molar-refractivity contribution in [3.8, 4) is 0 Å². The summed E-state index contributed by atoms with van der Waals surface area (Å²) < 4.78 is 0. The summed E-state index contributed by atoms with van der Waals surface area (Å²) in [6, 6.07) is 18.8. The number of benzene rings is 2. The number of hydrogen-bond donors (Lipinski definition) is 1. The molecular weight excluding hydrogens is 416 g/mol. The predicted molar refractivity (Wildman–Crippen MR) is 123 cm³/mol. The second-order valence-corrected chi connectivity index (χ2v) is 8.62. The quantitative estimate of drug-likeness (QED) is 0.424. The number of hydrogen-bond acceptors (Lipinski definition) is 3. The third kappa shape index (κ3) is 4.48. The molecule has 0 bridgehead atoms. The molecule has 2 heterocycles. The van der Waals surface area contributed by atoms with Gasteiger partial charge >= 0.3 is 0 Å². The van der Waals surface area contributed by atoms with Gasteiger partial charge in [0.1, 0.15) is 0 Å². The van der Waals surface area contributed by atoms with Gasteiger partial charge in [0.25, 0.3) is 11.5 Å². The van der Waals surface area contributed by atoms with E-state index in [1.165, 1.54) is 5.56 Å². The van der Waals surface area contributed by atoms with E-state index in [1.807, 2.05) is 35.7 Å². The second kappa shape index (κ2) is 8.86. The highest BCUT2D eigenvalue weighted by Crippen LogP contribution is 2.20. The molecular formula is C24H21ClN2O2S. The lowest BCUT2D eigenvalue weighted by Gasteiger charge is -2.22. The molecule has 4 aromatic rings. The van der Waals surface area contributed by atoms with Gasteiger partial charge in [-0.15, -0.1) is 11.3 Å². The molecule has 2 aromatic heterocycles. The number of fused-ring (bicyclic) bond motifs is 1. The first-order valence-corrected chi connectivity index (χ1v) is 11.0. The number of aromatic nitrogens is 1. The van der Waals surface area contributed by atoms with Crippen LogP contribution in [0.25, 0.3) is 10.9 Å². The molecule has 4 rings (SSSR count). The number of carbonyl (C=O) groups is 1. The van der Waals surface area contributed by atoms with E-state index in [0.29, 0.717) is 22.7 Å². The average Bonchev–Trinajstić information content (AvgIpc) is 3.26. The van der Waals surface area contributed by atoms with Gasteiger partial charge in [0.2, 0.25) is 0 Å². The van der Waals surface area contributed by atoms with Crippen LogP contribution in [0.15, 0.2) is 70.8 Å². The molecule has 0 fully saturated rings. The summed E-state index contributed by atoms with van der Waals surface area (Å²) in [5.41, 5.74) is 2.88. The number of halogens is 1. The molecule has 30 heavy (non-hydrogen) atoms. The summed E-state index contributed by atoms with van der Waals surface area (Å²) in [6.45, 7) is 2.74. The Bertz CT molecular complexity index is 1250. The molecule has 0 spiro atoms. The predicted octanol–water partition coefficient (Wildman–Crippen LogP) is 5.65. The Kier molecular flexibility index (Phi) is 6.02. The molecule has 2 aromatic carbocycles. The first-order chi connectivity index (χ1) is 14.5. The van der Waals surface area contributed by atoms with Crippen LogP contribution in [0.4, 0.5) is 0 Å². The topological polar surface area (TPSA) is 53.2 Å². The van der Waals surface area contributed by atoms with E-state index < -0.39 is 0 Å². The van der Waals surface area contributed by atoms with E-state index in [2.05, 4.69) is 18.0 Å². The van der Waals surface area contributed by atoms with Crippen molar-refractivity contribution >= 4 is 39.7 Å². The fourth-order valence-corrected chi connectivity index (χ4v) is 4.35. The van der Waals surface area contributed by atoms with E-state index in [-0.39, 0.29) is 18.0 Å². The lowest BCUT2D eigenvalue weighted by atomic mass is 10.1. The van der Waals surface area contributed by atoms with Crippen LogP contribution in [-0.4, -0.2) is 15.8 Å². The summed E-state index contributed by atoms with van der Waals surface area (Å²) in [6.07, 6.45) is 0.919. The lowest BCUT2D eigenvalue weighted by Crippen LogP contribution is -2.32. The smallest absolute Gasteiger partial charge is 0.254 e. The maximum atomic E-state index is 13.3. The minimum atomic E-state index is -0.179. The van der Waals surface area contributed by atoms with Crippen molar-refractivity contribution in [1.82, 2.24) is 9.88 Å². The maximum absolute atomic E-state index is 13.3. The SMILES string of the molecule is CCc1ccc2[nH]c(=O)c(CN(Cc3cccs3)C(=O)c3cccc(Cl)c3)cc2c1. The number of H-pyrrole nitrogens is 1. The summed E-state index contributed by atoms with van der Waals surface area (Å²) in [5, 5.41) is 3.45. The second-order valence-electron chi connectivity index (χ2n) is 7.15. The van der Waals surface area contributed by atoms with Crippen molar-refractivity contribution in [3.63, 3.8) is 0 Å². The number of aromatic amines is 1. The highest BCUT2D eigenvalue weighted by atomic mass is 35.5. The molecule has 0 aliphatic rings. The first-order valence-electron chi connectivity index (χ1n) is 9.75. The highest BCUT2D eigenvalue weighted by molar-refractivity contribution is 7.09. The molecule has 0 aliphatic heterocycles. The van der Waals surface area contributed by atoms with Crippen LogP contribution in [0.3, 0.4) is 0 Å². The van der Waals surface area contributed by atoms with E-state index in [9.17, 15) is 9.59 Å². The van der Waals surface area contributed by atoms with Gasteiger partial charge in [-0.25, -0.2) is 0 Å². The van der Waals surface area contributed by atoms with Gasteiger partial charge in [-0.1, -0.05) is 36.7 Å². The fraction of sp³-hybridized carbons (Fsp3) is 0.167. The van der Waals surface area contributed by atoms with Crippen molar-refractivity contribution in [3.05, 3.63) is 103 Å². The Labute approximate surface area is 183 Å². The molecule has 0 atom stereocenters. The Balaban J connectivity index is 1.71. The third-order valence-electron chi connectivity index (χ3n) is 5.04. The first kappa shape index (κ1) is 20.4. The Morgan fingerprint density at radius 1 is 1.07 bits per heavy atom. The number of amides is 1. The Hall–Kier alpha value is -2.89. The normalized spacial score (nSPS) is 11.0. The number of rotatable bonds is 6. The van der Waals surface area contributed by atoms with Crippen molar-refractivity contribution < 1.29 is 4.79 Å². The van der Waals surface area contributed by atoms with Crippen LogP contribution in [0, 0.1) is 0 Å². The van der Waals surface area contributed by atoms with Gasteiger partial charge < -0.3 is 9.88 Å². The zero-order valence-corrected chi connectivity index (χ0v) is 18.1. The molecule has 1 amide bonds. The summed E-state index contributed by atoms with van der Waals surface area (Å²) >= 11 is 7.68. The monoisotopic (exact) mass is 436 g/mol. The van der Waals surface area contributed by atoms with Crippen LogP contribution in [0.1, 0.15) is 33.3 Å². The Morgan fingerprint density at radius 3 is 2.67 bits per heavy atom. The Morgan fingerprint density at radius 2 is 1.93 bits per heavy atom. The van der Waals surface area contributed by atoms with Crippen LogP contribution in [0.5, 0.6) is 0 Å². The molecule has 4 nitrogen and oxygen atoms in total. The molecule has 1 N–H and O–H groups in total. The van der Waals surface area contributed by atoms with Crippen molar-refractivity contribution in [2.24, 2.45) is 0 Å². The van der Waals surface area contributed by atoms with E-state index in [4.69, 9.17) is 11.6 Å². The molecule has 0 aliphatic carbocycles. The van der Waals surface area contributed by atoms with Gasteiger partial charge in [0.15, 0.2) is 0 Å². The van der Waals surface area contributed by atoms with E-state index in [0.717, 1.165) is 22.2 Å². The van der Waals surface area contributed by atoms with Gasteiger partial charge in [-0.05, 0) is 65.2 Å². The number of nitrogens with zero attached hydrogens (tertiary/aromatic N) is 1. The molecule has 0 radical (unpaired) electrons. The van der Waals surface area contributed by atoms with Crippen molar-refractivity contribution in [1.29, 1.82) is 0 Å². The van der Waals surface area contributed by atoms with Gasteiger partial charge in [0, 0.05) is 26.5 Å². The van der Waals surface area contributed by atoms with E-state index in [1.54, 1.807) is 40.5 Å². The maximum Gasteiger partial charge on any atom is 0.254 e. The van der Waals surface area contributed by atoms with Crippen molar-refractivity contribution in [2.75, 3.05) is 0 Å². The zero-order chi connectivity index (χ0) is 21.1. The van der Waals surface area contributed by atoms with Gasteiger partial charge in [-0.2, -0.15) is 0 Å². The lowest BCUT2D eigenvalue weighted by molar-refractivity contribution is 0.0731.